The molecule has 0 saturated carbocycles. The van der Waals surface area contributed by atoms with Gasteiger partial charge in [0.2, 0.25) is 15.9 Å². The van der Waals surface area contributed by atoms with Crippen molar-refractivity contribution in [1.29, 1.82) is 0 Å². The van der Waals surface area contributed by atoms with Crippen LogP contribution < -0.4 is 10.0 Å². The monoisotopic (exact) mass is 580 g/mol. The van der Waals surface area contributed by atoms with E-state index in [2.05, 4.69) is 32.1 Å². The molecule has 41 heavy (non-hydrogen) atoms. The van der Waals surface area contributed by atoms with Crippen molar-refractivity contribution in [2.75, 3.05) is 43.8 Å². The molecule has 0 radical (unpaired) electrons. The number of likely N-dealkylation sites (tertiary alicyclic amines) is 1. The van der Waals surface area contributed by atoms with Gasteiger partial charge in [0.15, 0.2) is 5.82 Å². The zero-order valence-corrected chi connectivity index (χ0v) is 24.4. The Kier molecular flexibility index (Phi) is 9.68. The van der Waals surface area contributed by atoms with E-state index in [1.54, 1.807) is 12.1 Å². The first-order valence-electron chi connectivity index (χ1n) is 14.4. The lowest BCUT2D eigenvalue weighted by atomic mass is 9.97. The van der Waals surface area contributed by atoms with E-state index < -0.39 is 10.0 Å². The number of nitrogens with one attached hydrogen (secondary N) is 2. The Labute approximate surface area is 242 Å². The number of nitrogens with zero attached hydrogens (tertiary/aromatic N) is 4. The molecule has 3 aromatic rings. The number of hydrogen-bond donors (Lipinski definition) is 2. The molecule has 2 aromatic carbocycles. The third kappa shape index (κ3) is 8.61. The molecule has 0 unspecified atom stereocenters. The highest BCUT2D eigenvalue weighted by Crippen LogP contribution is 2.25. The Morgan fingerprint density at radius 1 is 1.02 bits per heavy atom. The molecule has 0 aliphatic carbocycles. The van der Waals surface area contributed by atoms with E-state index in [0.29, 0.717) is 31.4 Å². The lowest BCUT2D eigenvalue weighted by Crippen LogP contribution is -2.40. The van der Waals surface area contributed by atoms with Gasteiger partial charge in [-0.05, 0) is 55.4 Å². The fraction of sp³-hybridized carbons (Fsp3) is 0.500. The molecule has 2 aliphatic rings. The maximum Gasteiger partial charge on any atom is 0.229 e. The zero-order valence-electron chi connectivity index (χ0n) is 23.6. The van der Waals surface area contributed by atoms with E-state index in [1.165, 1.54) is 0 Å². The second-order valence-electron chi connectivity index (χ2n) is 11.1. The molecule has 0 spiro atoms. The number of benzene rings is 2. The third-order valence-corrected chi connectivity index (χ3v) is 8.56. The summed E-state index contributed by atoms with van der Waals surface area (Å²) in [4.78, 5) is 20.0. The molecule has 2 N–H and O–H groups in total. The van der Waals surface area contributed by atoms with Gasteiger partial charge in [-0.1, -0.05) is 42.5 Å². The molecule has 0 bridgehead atoms. The van der Waals surface area contributed by atoms with Gasteiger partial charge in [0.05, 0.1) is 18.3 Å². The Bertz CT molecular complexity index is 1370. The van der Waals surface area contributed by atoms with Crippen LogP contribution >= 0.6 is 0 Å². The van der Waals surface area contributed by atoms with Crippen molar-refractivity contribution >= 4 is 21.6 Å². The molecule has 10 nitrogen and oxygen atoms in total. The Hall–Kier alpha value is -3.28. The molecule has 2 fully saturated rings. The molecule has 5 rings (SSSR count). The topological polar surface area (TPSA) is 118 Å². The standard InChI is InChI=1S/C30H40N6O4S/c1-41(38,39)34-26-9-7-23(8-10-26)21-29-31-22-36(33-29)27-11-16-35(17-12-27)18-13-28(24-5-3-2-4-6-24)32-30(37)25-14-19-40-20-15-25/h2-10,22,25,27-28,34H,11-21H2,1H3,(H,32,37)/t28-/m0/s1. The number of anilines is 1. The Morgan fingerprint density at radius 3 is 2.41 bits per heavy atom. The van der Waals surface area contributed by atoms with Crippen molar-refractivity contribution in [3.8, 4) is 0 Å². The number of amides is 1. The van der Waals surface area contributed by atoms with E-state index in [-0.39, 0.29) is 17.9 Å². The summed E-state index contributed by atoms with van der Waals surface area (Å²) >= 11 is 0. The van der Waals surface area contributed by atoms with Crippen molar-refractivity contribution < 1.29 is 17.9 Å². The minimum absolute atomic E-state index is 0.00152. The van der Waals surface area contributed by atoms with Crippen molar-refractivity contribution in [1.82, 2.24) is 25.0 Å². The molecule has 2 aliphatic heterocycles. The van der Waals surface area contributed by atoms with E-state index in [1.807, 2.05) is 41.3 Å². The largest absolute Gasteiger partial charge is 0.381 e. The first kappa shape index (κ1) is 29.2. The van der Waals surface area contributed by atoms with Crippen molar-refractivity contribution in [2.24, 2.45) is 5.92 Å². The molecule has 220 valence electrons. The van der Waals surface area contributed by atoms with Crippen LogP contribution in [0.25, 0.3) is 0 Å². The average Bonchev–Trinajstić information content (AvgIpc) is 3.45. The first-order chi connectivity index (χ1) is 19.8. The Balaban J connectivity index is 1.10. The van der Waals surface area contributed by atoms with Gasteiger partial charge in [-0.15, -0.1) is 0 Å². The predicted molar refractivity (Wildman–Crippen MR) is 158 cm³/mol. The summed E-state index contributed by atoms with van der Waals surface area (Å²) in [6.45, 7) is 4.20. The second kappa shape index (κ2) is 13.6. The normalized spacial score (nSPS) is 18.2. The van der Waals surface area contributed by atoms with Gasteiger partial charge in [-0.25, -0.2) is 18.1 Å². The second-order valence-corrected chi connectivity index (χ2v) is 12.9. The number of sulfonamides is 1. The highest BCUT2D eigenvalue weighted by Gasteiger charge is 2.26. The first-order valence-corrected chi connectivity index (χ1v) is 16.3. The number of rotatable bonds is 11. The molecule has 1 amide bonds. The molecule has 2 saturated heterocycles. The number of aromatic nitrogens is 3. The van der Waals surface area contributed by atoms with Gasteiger partial charge in [0, 0.05) is 50.9 Å². The van der Waals surface area contributed by atoms with Gasteiger partial charge in [0.25, 0.3) is 0 Å². The van der Waals surface area contributed by atoms with Crippen molar-refractivity contribution in [3.05, 3.63) is 77.9 Å². The van der Waals surface area contributed by atoms with Crippen molar-refractivity contribution in [2.45, 2.75) is 50.6 Å². The zero-order chi connectivity index (χ0) is 28.7. The van der Waals surface area contributed by atoms with Gasteiger partial charge in [0.1, 0.15) is 6.33 Å². The van der Waals surface area contributed by atoms with Crippen LogP contribution in [0, 0.1) is 5.92 Å². The fourth-order valence-corrected chi connectivity index (χ4v) is 6.20. The number of hydrogen-bond acceptors (Lipinski definition) is 7. The van der Waals surface area contributed by atoms with Gasteiger partial charge in [-0.2, -0.15) is 5.10 Å². The van der Waals surface area contributed by atoms with Crippen LogP contribution in [-0.2, 0) is 26.0 Å². The van der Waals surface area contributed by atoms with Crippen LogP contribution in [0.15, 0.2) is 60.9 Å². The summed E-state index contributed by atoms with van der Waals surface area (Å²) in [5, 5.41) is 8.09. The third-order valence-electron chi connectivity index (χ3n) is 7.95. The summed E-state index contributed by atoms with van der Waals surface area (Å²) in [5.74, 6) is 0.932. The molecular weight excluding hydrogens is 540 g/mol. The predicted octanol–water partition coefficient (Wildman–Crippen LogP) is 3.55. The smallest absolute Gasteiger partial charge is 0.229 e. The minimum atomic E-state index is -3.29. The summed E-state index contributed by atoms with van der Waals surface area (Å²) in [5.41, 5.74) is 2.71. The Morgan fingerprint density at radius 2 is 1.73 bits per heavy atom. The summed E-state index contributed by atoms with van der Waals surface area (Å²) in [7, 11) is -3.29. The van der Waals surface area contributed by atoms with Crippen LogP contribution in [0.5, 0.6) is 0 Å². The molecule has 1 atom stereocenters. The number of ether oxygens (including phenoxy) is 1. The molecule has 3 heterocycles. The van der Waals surface area contributed by atoms with Crippen molar-refractivity contribution in [3.63, 3.8) is 0 Å². The lowest BCUT2D eigenvalue weighted by Gasteiger charge is -2.33. The quantitative estimate of drug-likeness (QED) is 0.356. The van der Waals surface area contributed by atoms with Crippen LogP contribution in [0.1, 0.15) is 61.1 Å². The van der Waals surface area contributed by atoms with E-state index in [4.69, 9.17) is 9.84 Å². The highest BCUT2D eigenvalue weighted by molar-refractivity contribution is 7.92. The number of carbonyl (C=O) groups excluding carboxylic acids is 1. The summed E-state index contributed by atoms with van der Waals surface area (Å²) < 4.78 is 32.7. The highest BCUT2D eigenvalue weighted by atomic mass is 32.2. The van der Waals surface area contributed by atoms with E-state index in [0.717, 1.165) is 74.9 Å². The van der Waals surface area contributed by atoms with E-state index in [9.17, 15) is 13.2 Å². The molecular formula is C30H40N6O4S. The van der Waals surface area contributed by atoms with Gasteiger partial charge in [-0.3, -0.25) is 9.52 Å². The van der Waals surface area contributed by atoms with Gasteiger partial charge >= 0.3 is 0 Å². The molecule has 1 aromatic heterocycles. The van der Waals surface area contributed by atoms with Crippen LogP contribution in [0.2, 0.25) is 0 Å². The average molecular weight is 581 g/mol. The SMILES string of the molecule is CS(=O)(=O)Nc1ccc(Cc2ncn(C3CCN(CC[C@H](NC(=O)C4CCOCC4)c4ccccc4)CC3)n2)cc1. The summed E-state index contributed by atoms with van der Waals surface area (Å²) in [6.07, 6.45) is 8.00. The van der Waals surface area contributed by atoms with Crippen LogP contribution in [-0.4, -0.2) is 73.1 Å². The summed E-state index contributed by atoms with van der Waals surface area (Å²) in [6, 6.07) is 17.9. The van der Waals surface area contributed by atoms with E-state index >= 15 is 0 Å². The van der Waals surface area contributed by atoms with Crippen LogP contribution in [0.4, 0.5) is 5.69 Å². The number of piperidine rings is 1. The minimum Gasteiger partial charge on any atom is -0.381 e. The van der Waals surface area contributed by atoms with Gasteiger partial charge < -0.3 is 15.0 Å². The fourth-order valence-electron chi connectivity index (χ4n) is 5.63. The van der Waals surface area contributed by atoms with Crippen LogP contribution in [0.3, 0.4) is 0 Å². The lowest BCUT2D eigenvalue weighted by molar-refractivity contribution is -0.128. The number of carbonyl (C=O) groups is 1. The maximum atomic E-state index is 13.0. The molecule has 11 heteroatoms. The maximum absolute atomic E-state index is 13.0.